The Morgan fingerprint density at radius 3 is 2.60 bits per heavy atom. The van der Waals surface area contributed by atoms with E-state index < -0.39 is 12.4 Å². The highest BCUT2D eigenvalue weighted by molar-refractivity contribution is 5.34. The maximum absolute atomic E-state index is 9.22. The number of rotatable bonds is 2. The number of aliphatic hydroxyl groups is 1. The molecular weight excluding hydrogens is 196 g/mol. The van der Waals surface area contributed by atoms with Crippen molar-refractivity contribution in [3.63, 3.8) is 0 Å². The highest BCUT2D eigenvalue weighted by Gasteiger charge is 2.24. The van der Waals surface area contributed by atoms with Gasteiger partial charge in [-0.15, -0.1) is 0 Å². The Balaban J connectivity index is 2.15. The monoisotopic (exact) mass is 210 g/mol. The van der Waals surface area contributed by atoms with Crippen LogP contribution in [-0.4, -0.2) is 31.5 Å². The lowest BCUT2D eigenvalue weighted by atomic mass is 10.2. The molecule has 1 N–H and O–H groups in total. The van der Waals surface area contributed by atoms with Crippen molar-refractivity contribution in [1.82, 2.24) is 0 Å². The lowest BCUT2D eigenvalue weighted by molar-refractivity contribution is -0.221. The summed E-state index contributed by atoms with van der Waals surface area (Å²) in [5, 5.41) is 9.22. The zero-order chi connectivity index (χ0) is 10.7. The minimum absolute atomic E-state index is 0.294. The van der Waals surface area contributed by atoms with E-state index in [0.717, 1.165) is 11.3 Å². The fourth-order valence-electron chi connectivity index (χ4n) is 1.53. The summed E-state index contributed by atoms with van der Waals surface area (Å²) in [5.41, 5.74) is 0.854. The van der Waals surface area contributed by atoms with Gasteiger partial charge in [0.2, 0.25) is 0 Å². The van der Waals surface area contributed by atoms with Gasteiger partial charge in [-0.1, -0.05) is 18.2 Å². The lowest BCUT2D eigenvalue weighted by Gasteiger charge is -2.27. The van der Waals surface area contributed by atoms with E-state index in [4.69, 9.17) is 14.2 Å². The van der Waals surface area contributed by atoms with E-state index in [1.165, 1.54) is 0 Å². The number of aliphatic hydroxyl groups excluding tert-OH is 1. The molecule has 2 rings (SSSR count). The molecule has 4 nitrogen and oxygen atoms in total. The van der Waals surface area contributed by atoms with E-state index in [9.17, 15) is 5.11 Å². The molecule has 0 aromatic heterocycles. The van der Waals surface area contributed by atoms with E-state index in [1.54, 1.807) is 7.11 Å². The molecule has 1 aromatic carbocycles. The largest absolute Gasteiger partial charge is 0.496 e. The first-order valence-corrected chi connectivity index (χ1v) is 4.85. The van der Waals surface area contributed by atoms with E-state index >= 15 is 0 Å². The van der Waals surface area contributed by atoms with Gasteiger partial charge in [0, 0.05) is 5.56 Å². The van der Waals surface area contributed by atoms with Crippen LogP contribution >= 0.6 is 0 Å². The van der Waals surface area contributed by atoms with Crippen molar-refractivity contribution >= 4 is 0 Å². The molecular formula is C11H14O4. The summed E-state index contributed by atoms with van der Waals surface area (Å²) >= 11 is 0. The number of para-hydroxylation sites is 1. The van der Waals surface area contributed by atoms with Gasteiger partial charge in [0.05, 0.1) is 20.3 Å². The lowest BCUT2D eigenvalue weighted by Crippen LogP contribution is -2.31. The second kappa shape index (κ2) is 4.61. The highest BCUT2D eigenvalue weighted by Crippen LogP contribution is 2.30. The summed E-state index contributed by atoms with van der Waals surface area (Å²) in [6.07, 6.45) is -0.972. The predicted octanol–water partition coefficient (Wildman–Crippen LogP) is 1.10. The molecule has 0 spiro atoms. The number of hydrogen-bond acceptors (Lipinski definition) is 4. The quantitative estimate of drug-likeness (QED) is 0.794. The fourth-order valence-corrected chi connectivity index (χ4v) is 1.53. The first-order valence-electron chi connectivity index (χ1n) is 4.85. The van der Waals surface area contributed by atoms with Crippen LogP contribution < -0.4 is 4.74 Å². The van der Waals surface area contributed by atoms with E-state index in [0.29, 0.717) is 13.2 Å². The predicted molar refractivity (Wildman–Crippen MR) is 53.6 cm³/mol. The van der Waals surface area contributed by atoms with Crippen molar-refractivity contribution in [1.29, 1.82) is 0 Å². The molecule has 0 radical (unpaired) electrons. The minimum Gasteiger partial charge on any atom is -0.496 e. The van der Waals surface area contributed by atoms with Crippen molar-refractivity contribution in [3.8, 4) is 5.75 Å². The molecule has 0 bridgehead atoms. The van der Waals surface area contributed by atoms with Gasteiger partial charge < -0.3 is 19.3 Å². The molecule has 0 unspecified atom stereocenters. The van der Waals surface area contributed by atoms with Crippen LogP contribution in [0.4, 0.5) is 0 Å². The molecule has 82 valence electrons. The number of methoxy groups -OCH3 is 1. The highest BCUT2D eigenvalue weighted by atomic mass is 16.7. The van der Waals surface area contributed by atoms with Crippen LogP contribution in [0.15, 0.2) is 24.3 Å². The van der Waals surface area contributed by atoms with E-state index in [-0.39, 0.29) is 0 Å². The molecule has 0 saturated carbocycles. The zero-order valence-corrected chi connectivity index (χ0v) is 8.55. The van der Waals surface area contributed by atoms with Crippen LogP contribution in [0, 0.1) is 0 Å². The smallest absolute Gasteiger partial charge is 0.187 e. The van der Waals surface area contributed by atoms with Crippen LogP contribution in [0.5, 0.6) is 5.75 Å². The Morgan fingerprint density at radius 1 is 1.27 bits per heavy atom. The van der Waals surface area contributed by atoms with Crippen LogP contribution in [0.2, 0.25) is 0 Å². The molecule has 15 heavy (non-hydrogen) atoms. The van der Waals surface area contributed by atoms with Crippen molar-refractivity contribution in [3.05, 3.63) is 29.8 Å². The first kappa shape index (κ1) is 10.4. The molecule has 0 atom stereocenters. The standard InChI is InChI=1S/C11H14O4/c1-13-10-5-3-2-4-9(10)11-14-6-8(12)7-15-11/h2-5,8,11-12H,6-7H2,1H3. The summed E-state index contributed by atoms with van der Waals surface area (Å²) in [4.78, 5) is 0. The Hall–Kier alpha value is -1.10. The molecule has 1 heterocycles. The molecule has 1 aliphatic heterocycles. The Kier molecular flexibility index (Phi) is 3.20. The molecule has 1 aromatic rings. The Labute approximate surface area is 88.4 Å². The number of benzene rings is 1. The van der Waals surface area contributed by atoms with E-state index in [2.05, 4.69) is 0 Å². The molecule has 1 aliphatic rings. The summed E-state index contributed by atoms with van der Waals surface area (Å²) in [6.45, 7) is 0.589. The van der Waals surface area contributed by atoms with Gasteiger partial charge in [-0.05, 0) is 6.07 Å². The summed E-state index contributed by atoms with van der Waals surface area (Å²) < 4.78 is 15.9. The van der Waals surface area contributed by atoms with Crippen LogP contribution in [0.1, 0.15) is 11.9 Å². The number of ether oxygens (including phenoxy) is 3. The van der Waals surface area contributed by atoms with Gasteiger partial charge in [-0.2, -0.15) is 0 Å². The maximum atomic E-state index is 9.22. The molecule has 1 fully saturated rings. The third kappa shape index (κ3) is 2.28. The molecule has 0 amide bonds. The van der Waals surface area contributed by atoms with Gasteiger partial charge in [-0.25, -0.2) is 0 Å². The average molecular weight is 210 g/mol. The number of hydrogen-bond donors (Lipinski definition) is 1. The summed E-state index contributed by atoms with van der Waals surface area (Å²) in [6, 6.07) is 7.53. The Morgan fingerprint density at radius 2 is 1.93 bits per heavy atom. The third-order valence-electron chi connectivity index (χ3n) is 2.27. The molecule has 1 saturated heterocycles. The topological polar surface area (TPSA) is 47.9 Å². The average Bonchev–Trinajstić information content (AvgIpc) is 2.30. The summed E-state index contributed by atoms with van der Waals surface area (Å²) in [5.74, 6) is 0.735. The second-order valence-corrected chi connectivity index (χ2v) is 3.39. The normalized spacial score (nSPS) is 26.3. The SMILES string of the molecule is COc1ccccc1C1OCC(O)CO1. The second-order valence-electron chi connectivity index (χ2n) is 3.39. The minimum atomic E-state index is -0.532. The van der Waals surface area contributed by atoms with E-state index in [1.807, 2.05) is 24.3 Å². The van der Waals surface area contributed by atoms with Gasteiger partial charge in [0.25, 0.3) is 0 Å². The fraction of sp³-hybridized carbons (Fsp3) is 0.455. The zero-order valence-electron chi connectivity index (χ0n) is 8.55. The molecule has 4 heteroatoms. The van der Waals surface area contributed by atoms with Crippen molar-refractivity contribution in [2.75, 3.05) is 20.3 Å². The Bertz CT molecular complexity index is 318. The van der Waals surface area contributed by atoms with Gasteiger partial charge in [-0.3, -0.25) is 0 Å². The van der Waals surface area contributed by atoms with Gasteiger partial charge >= 0.3 is 0 Å². The van der Waals surface area contributed by atoms with Crippen LogP contribution in [-0.2, 0) is 9.47 Å². The third-order valence-corrected chi connectivity index (χ3v) is 2.27. The first-order chi connectivity index (χ1) is 7.31. The van der Waals surface area contributed by atoms with Crippen LogP contribution in [0.3, 0.4) is 0 Å². The maximum Gasteiger partial charge on any atom is 0.187 e. The van der Waals surface area contributed by atoms with Crippen LogP contribution in [0.25, 0.3) is 0 Å². The molecule has 0 aliphatic carbocycles. The summed E-state index contributed by atoms with van der Waals surface area (Å²) in [7, 11) is 1.61. The van der Waals surface area contributed by atoms with Crippen molar-refractivity contribution < 1.29 is 19.3 Å². The van der Waals surface area contributed by atoms with Crippen molar-refractivity contribution in [2.45, 2.75) is 12.4 Å². The van der Waals surface area contributed by atoms with Gasteiger partial charge in [0.15, 0.2) is 6.29 Å². The van der Waals surface area contributed by atoms with Crippen molar-refractivity contribution in [2.24, 2.45) is 0 Å². The van der Waals surface area contributed by atoms with Gasteiger partial charge in [0.1, 0.15) is 11.9 Å².